The van der Waals surface area contributed by atoms with E-state index >= 15 is 0 Å². The van der Waals surface area contributed by atoms with E-state index in [4.69, 9.17) is 0 Å². The molecule has 74 valence electrons. The van der Waals surface area contributed by atoms with Crippen LogP contribution in [0, 0.1) is 0 Å². The van der Waals surface area contributed by atoms with Crippen LogP contribution in [-0.4, -0.2) is 41.3 Å². The van der Waals surface area contributed by atoms with Crippen molar-refractivity contribution in [2.24, 2.45) is 0 Å². The van der Waals surface area contributed by atoms with Gasteiger partial charge >= 0.3 is 11.9 Å². The number of nitrogens with zero attached hydrogens (tertiary/aromatic N) is 3. The Morgan fingerprint density at radius 1 is 1.14 bits per heavy atom. The Kier molecular flexibility index (Phi) is 3.05. The van der Waals surface area contributed by atoms with Gasteiger partial charge < -0.3 is 9.47 Å². The molecule has 7 nitrogen and oxygen atoms in total. The molecule has 1 rings (SSSR count). The van der Waals surface area contributed by atoms with Gasteiger partial charge in [0.2, 0.25) is 5.69 Å². The molecule has 0 saturated heterocycles. The van der Waals surface area contributed by atoms with E-state index in [-0.39, 0.29) is 11.4 Å². The molecule has 0 aromatic carbocycles. The van der Waals surface area contributed by atoms with Crippen molar-refractivity contribution in [1.29, 1.82) is 0 Å². The number of hydrogen-bond acceptors (Lipinski definition) is 7. The number of carbonyl (C=O) groups is 2. The number of hydrogen-bond donors (Lipinski definition) is 0. The van der Waals surface area contributed by atoms with Crippen LogP contribution in [0.1, 0.15) is 21.0 Å². The molecule has 0 amide bonds. The van der Waals surface area contributed by atoms with Gasteiger partial charge in [0.05, 0.1) is 14.2 Å². The number of aromatic nitrogens is 3. The summed E-state index contributed by atoms with van der Waals surface area (Å²) in [5.74, 6) is -1.55. The lowest BCUT2D eigenvalue weighted by molar-refractivity contribution is 0.0542. The molecule has 0 unspecified atom stereocenters. The van der Waals surface area contributed by atoms with Gasteiger partial charge in [-0.2, -0.15) is 0 Å². The first-order chi connectivity index (χ1) is 6.70. The third-order valence-corrected chi connectivity index (χ3v) is 1.38. The predicted molar refractivity (Wildman–Crippen MR) is 42.5 cm³/mol. The van der Waals surface area contributed by atoms with Gasteiger partial charge in [0, 0.05) is 0 Å². The van der Waals surface area contributed by atoms with E-state index in [2.05, 4.69) is 24.7 Å². The minimum absolute atomic E-state index is 0.214. The van der Waals surface area contributed by atoms with E-state index in [1.165, 1.54) is 7.11 Å². The van der Waals surface area contributed by atoms with E-state index in [1.54, 1.807) is 0 Å². The summed E-state index contributed by atoms with van der Waals surface area (Å²) in [5, 5.41) is 6.79. The average Bonchev–Trinajstić information content (AvgIpc) is 2.27. The summed E-state index contributed by atoms with van der Waals surface area (Å²) in [4.78, 5) is 25.7. The molecule has 0 atom stereocenters. The monoisotopic (exact) mass is 197 g/mol. The van der Waals surface area contributed by atoms with Crippen molar-refractivity contribution in [1.82, 2.24) is 15.2 Å². The zero-order chi connectivity index (χ0) is 10.6. The number of carbonyl (C=O) groups excluding carboxylic acids is 2. The fraction of sp³-hybridized carbons (Fsp3) is 0.286. The van der Waals surface area contributed by atoms with Crippen LogP contribution in [-0.2, 0) is 9.47 Å². The first-order valence-electron chi connectivity index (χ1n) is 3.55. The molecular formula is C7H7N3O4. The molecule has 1 aromatic rings. The molecular weight excluding hydrogens is 190 g/mol. The SMILES string of the molecule is COC(=O)c1ncnnc1C(=O)OC. The van der Waals surface area contributed by atoms with Crippen LogP contribution in [0.25, 0.3) is 0 Å². The molecule has 0 radical (unpaired) electrons. The van der Waals surface area contributed by atoms with Crippen molar-refractivity contribution in [2.45, 2.75) is 0 Å². The Morgan fingerprint density at radius 3 is 2.29 bits per heavy atom. The molecule has 0 N–H and O–H groups in total. The summed E-state index contributed by atoms with van der Waals surface area (Å²) < 4.78 is 8.78. The molecule has 0 saturated carbocycles. The second-order valence-electron chi connectivity index (χ2n) is 2.14. The van der Waals surface area contributed by atoms with Gasteiger partial charge in [-0.1, -0.05) is 0 Å². The van der Waals surface area contributed by atoms with Gasteiger partial charge in [-0.05, 0) is 0 Å². The standard InChI is InChI=1S/C7H7N3O4/c1-13-6(11)4-5(7(12)14-2)10-9-3-8-4/h3H,1-2H3. The Balaban J connectivity index is 3.15. The van der Waals surface area contributed by atoms with E-state index in [9.17, 15) is 9.59 Å². The van der Waals surface area contributed by atoms with E-state index in [0.717, 1.165) is 13.4 Å². The largest absolute Gasteiger partial charge is 0.464 e. The van der Waals surface area contributed by atoms with Crippen molar-refractivity contribution in [3.05, 3.63) is 17.7 Å². The summed E-state index contributed by atoms with van der Waals surface area (Å²) in [5.41, 5.74) is -0.476. The van der Waals surface area contributed by atoms with Crippen LogP contribution < -0.4 is 0 Å². The fourth-order valence-corrected chi connectivity index (χ4v) is 0.756. The predicted octanol–water partition coefficient (Wildman–Crippen LogP) is -0.555. The second kappa shape index (κ2) is 4.26. The number of rotatable bonds is 2. The highest BCUT2D eigenvalue weighted by Gasteiger charge is 2.21. The highest BCUT2D eigenvalue weighted by molar-refractivity contribution is 5.99. The van der Waals surface area contributed by atoms with E-state index < -0.39 is 11.9 Å². The summed E-state index contributed by atoms with van der Waals surface area (Å²) >= 11 is 0. The number of esters is 2. The first kappa shape index (κ1) is 10.0. The molecule has 0 aliphatic rings. The lowest BCUT2D eigenvalue weighted by atomic mass is 10.3. The van der Waals surface area contributed by atoms with Gasteiger partial charge in [-0.3, -0.25) is 0 Å². The van der Waals surface area contributed by atoms with Crippen LogP contribution in [0.15, 0.2) is 6.33 Å². The van der Waals surface area contributed by atoms with Crippen molar-refractivity contribution < 1.29 is 19.1 Å². The van der Waals surface area contributed by atoms with Crippen LogP contribution in [0.4, 0.5) is 0 Å². The first-order valence-corrected chi connectivity index (χ1v) is 3.55. The summed E-state index contributed by atoms with van der Waals surface area (Å²) in [6.45, 7) is 0. The molecule has 0 fully saturated rings. The van der Waals surface area contributed by atoms with E-state index in [0.29, 0.717) is 0 Å². The minimum atomic E-state index is -0.786. The third-order valence-electron chi connectivity index (χ3n) is 1.38. The van der Waals surface area contributed by atoms with Crippen molar-refractivity contribution >= 4 is 11.9 Å². The molecule has 0 aliphatic heterocycles. The summed E-state index contributed by atoms with van der Waals surface area (Å²) in [6.07, 6.45) is 1.04. The number of methoxy groups -OCH3 is 2. The highest BCUT2D eigenvalue weighted by Crippen LogP contribution is 2.03. The molecule has 14 heavy (non-hydrogen) atoms. The molecule has 1 heterocycles. The van der Waals surface area contributed by atoms with Crippen molar-refractivity contribution in [2.75, 3.05) is 14.2 Å². The van der Waals surface area contributed by atoms with Crippen LogP contribution in [0.2, 0.25) is 0 Å². The van der Waals surface area contributed by atoms with Gasteiger partial charge in [0.15, 0.2) is 5.69 Å². The maximum Gasteiger partial charge on any atom is 0.361 e. The molecule has 0 aliphatic carbocycles. The lowest BCUT2D eigenvalue weighted by Crippen LogP contribution is -2.16. The topological polar surface area (TPSA) is 91.3 Å². The minimum Gasteiger partial charge on any atom is -0.464 e. The van der Waals surface area contributed by atoms with Crippen molar-refractivity contribution in [3.8, 4) is 0 Å². The lowest BCUT2D eigenvalue weighted by Gasteiger charge is -2.01. The second-order valence-corrected chi connectivity index (χ2v) is 2.14. The maximum atomic E-state index is 11.1. The van der Waals surface area contributed by atoms with Crippen LogP contribution in [0.3, 0.4) is 0 Å². The maximum absolute atomic E-state index is 11.1. The Morgan fingerprint density at radius 2 is 1.71 bits per heavy atom. The van der Waals surface area contributed by atoms with Crippen molar-refractivity contribution in [3.63, 3.8) is 0 Å². The van der Waals surface area contributed by atoms with Crippen LogP contribution >= 0.6 is 0 Å². The highest BCUT2D eigenvalue weighted by atomic mass is 16.5. The Bertz CT molecular complexity index is 331. The number of ether oxygens (including phenoxy) is 2. The molecule has 0 bridgehead atoms. The van der Waals surface area contributed by atoms with Gasteiger partial charge in [-0.15, -0.1) is 10.2 Å². The van der Waals surface area contributed by atoms with Crippen LogP contribution in [0.5, 0.6) is 0 Å². The molecule has 0 spiro atoms. The van der Waals surface area contributed by atoms with Gasteiger partial charge in [0.1, 0.15) is 6.33 Å². The normalized spacial score (nSPS) is 9.29. The Labute approximate surface area is 79.1 Å². The van der Waals surface area contributed by atoms with E-state index in [1.807, 2.05) is 0 Å². The molecule has 7 heteroatoms. The fourth-order valence-electron chi connectivity index (χ4n) is 0.756. The summed E-state index contributed by atoms with van der Waals surface area (Å²) in [6, 6.07) is 0. The smallest absolute Gasteiger partial charge is 0.361 e. The Hall–Kier alpha value is -2.05. The van der Waals surface area contributed by atoms with Gasteiger partial charge in [-0.25, -0.2) is 14.6 Å². The third kappa shape index (κ3) is 1.82. The quantitative estimate of drug-likeness (QED) is 0.587. The zero-order valence-corrected chi connectivity index (χ0v) is 7.55. The zero-order valence-electron chi connectivity index (χ0n) is 7.55. The van der Waals surface area contributed by atoms with Gasteiger partial charge in [0.25, 0.3) is 0 Å². The molecule has 1 aromatic heterocycles. The summed E-state index contributed by atoms with van der Waals surface area (Å²) in [7, 11) is 2.34. The average molecular weight is 197 g/mol.